The maximum Gasteiger partial charge on any atom is 0.317 e. The number of hydrogen-bond donors (Lipinski definition) is 0. The molecule has 0 spiro atoms. The van der Waals surface area contributed by atoms with Gasteiger partial charge in [0.25, 0.3) is 0 Å². The molecule has 0 unspecified atom stereocenters. The third-order valence-corrected chi connectivity index (χ3v) is 2.82. The molecule has 0 aliphatic rings. The number of nitrogens with zero attached hydrogens (tertiary/aromatic N) is 1. The van der Waals surface area contributed by atoms with Crippen LogP contribution >= 0.6 is 21.4 Å². The fraction of sp³-hybridized carbons (Fsp3) is 0.250. The van der Waals surface area contributed by atoms with Crippen molar-refractivity contribution in [3.63, 3.8) is 0 Å². The molecule has 0 saturated carbocycles. The summed E-state index contributed by atoms with van der Waals surface area (Å²) in [4.78, 5) is 0. The van der Waals surface area contributed by atoms with Crippen LogP contribution in [0.4, 0.5) is 5.69 Å². The van der Waals surface area contributed by atoms with Crippen LogP contribution in [0, 0.1) is 0 Å². The van der Waals surface area contributed by atoms with E-state index in [0.717, 1.165) is 0 Å². The van der Waals surface area contributed by atoms with Gasteiger partial charge in [-0.05, 0) is 12.1 Å². The van der Waals surface area contributed by atoms with Crippen molar-refractivity contribution in [3.05, 3.63) is 30.3 Å². The number of sulfonamides is 1. The molecule has 0 aliphatic heterocycles. The first kappa shape index (κ1) is 16.5. The Bertz CT molecular complexity index is 534. The second kappa shape index (κ2) is 6.44. The largest absolute Gasteiger partial charge is 0.317 e. The number of benzene rings is 1. The topological polar surface area (TPSA) is 71.5 Å². The zero-order valence-corrected chi connectivity index (χ0v) is 12.2. The maximum atomic E-state index is 11.1. The molecule has 0 N–H and O–H groups in total. The van der Waals surface area contributed by atoms with Crippen molar-refractivity contribution in [2.45, 2.75) is 0 Å². The molecule has 1 aromatic rings. The molecule has 98 valence electrons. The molecule has 0 bridgehead atoms. The highest BCUT2D eigenvalue weighted by Crippen LogP contribution is 2.13. The summed E-state index contributed by atoms with van der Waals surface area (Å²) in [6, 6.07) is 8.95. The predicted octanol–water partition coefficient (Wildman–Crippen LogP) is 1.79. The first-order chi connectivity index (χ1) is 7.52. The van der Waals surface area contributed by atoms with E-state index in [1.54, 1.807) is 24.3 Å². The number of anilines is 1. The average molecular weight is 320 g/mol. The van der Waals surface area contributed by atoms with Crippen LogP contribution in [0.15, 0.2) is 30.3 Å². The zero-order valence-electron chi connectivity index (χ0n) is 9.04. The van der Waals surface area contributed by atoms with Crippen LogP contribution < -0.4 is 4.31 Å². The van der Waals surface area contributed by atoms with Gasteiger partial charge in [0.1, 0.15) is 0 Å². The lowest BCUT2D eigenvalue weighted by Gasteiger charge is -2.15. The predicted molar refractivity (Wildman–Crippen MR) is 70.3 cm³/mol. The molecule has 0 aliphatic carbocycles. The SMILES string of the molecule is CN(c1ccccc1)S(C)(=O)=O.O=S(=O)(Cl)Cl. The molecule has 1 rings (SSSR count). The van der Waals surface area contributed by atoms with Gasteiger partial charge in [0, 0.05) is 28.4 Å². The molecule has 0 aromatic heterocycles. The molecule has 0 radical (unpaired) electrons. The third kappa shape index (κ3) is 9.22. The normalized spacial score (nSPS) is 11.3. The molecule has 0 amide bonds. The van der Waals surface area contributed by atoms with E-state index >= 15 is 0 Å². The van der Waals surface area contributed by atoms with E-state index < -0.39 is 18.3 Å². The fourth-order valence-corrected chi connectivity index (χ4v) is 1.33. The fourth-order valence-electron chi connectivity index (χ4n) is 0.829. The number of rotatable bonds is 2. The number of para-hydroxylation sites is 1. The smallest absolute Gasteiger partial charge is 0.274 e. The second-order valence-electron chi connectivity index (χ2n) is 2.94. The van der Waals surface area contributed by atoms with E-state index in [2.05, 4.69) is 21.4 Å². The molecule has 9 heteroatoms. The van der Waals surface area contributed by atoms with Gasteiger partial charge in [-0.25, -0.2) is 8.42 Å². The van der Waals surface area contributed by atoms with E-state index in [1.165, 1.54) is 17.6 Å². The Labute approximate surface area is 110 Å². The van der Waals surface area contributed by atoms with Crippen molar-refractivity contribution < 1.29 is 16.8 Å². The van der Waals surface area contributed by atoms with Crippen LogP contribution in [0.2, 0.25) is 0 Å². The maximum absolute atomic E-state index is 11.1. The quantitative estimate of drug-likeness (QED) is 0.779. The van der Waals surface area contributed by atoms with Crippen LogP contribution in [0.25, 0.3) is 0 Å². The molecule has 0 saturated heterocycles. The Kier molecular flexibility index (Phi) is 6.25. The molecule has 0 fully saturated rings. The highest BCUT2D eigenvalue weighted by molar-refractivity contribution is 8.31. The summed E-state index contributed by atoms with van der Waals surface area (Å²) in [5, 5.41) is 0. The Morgan fingerprint density at radius 3 is 1.65 bits per heavy atom. The van der Waals surface area contributed by atoms with Crippen molar-refractivity contribution in [1.29, 1.82) is 0 Å². The minimum absolute atomic E-state index is 0.681. The van der Waals surface area contributed by atoms with Gasteiger partial charge in [-0.2, -0.15) is 8.42 Å². The summed E-state index contributed by atoms with van der Waals surface area (Å²) in [6.45, 7) is 0. The monoisotopic (exact) mass is 319 g/mol. The zero-order chi connectivity index (χ0) is 13.7. The molecule has 0 atom stereocenters. The first-order valence-corrected chi connectivity index (χ1v) is 9.13. The van der Waals surface area contributed by atoms with Gasteiger partial charge in [-0.15, -0.1) is 0 Å². The lowest BCUT2D eigenvalue weighted by molar-refractivity contribution is 0.600. The van der Waals surface area contributed by atoms with E-state index in [0.29, 0.717) is 5.69 Å². The van der Waals surface area contributed by atoms with E-state index in [1.807, 2.05) is 6.07 Å². The van der Waals surface area contributed by atoms with Gasteiger partial charge in [-0.3, -0.25) is 4.31 Å². The number of halogens is 2. The first-order valence-electron chi connectivity index (χ1n) is 4.15. The molecule has 1 aromatic carbocycles. The molecular weight excluding hydrogens is 309 g/mol. The van der Waals surface area contributed by atoms with E-state index in [4.69, 9.17) is 8.42 Å². The number of hydrogen-bond acceptors (Lipinski definition) is 4. The van der Waals surface area contributed by atoms with Crippen molar-refractivity contribution in [3.8, 4) is 0 Å². The van der Waals surface area contributed by atoms with E-state index in [9.17, 15) is 8.42 Å². The standard InChI is InChI=1S/C8H11NO2S.Cl2O2S/c1-9(12(2,10)11)8-6-4-3-5-7-8;1-5(2,3)4/h3-7H,1-2H3;. The second-order valence-corrected chi connectivity index (χ2v) is 8.63. The van der Waals surface area contributed by atoms with E-state index in [-0.39, 0.29) is 0 Å². The highest BCUT2D eigenvalue weighted by atomic mass is 36.0. The average Bonchev–Trinajstić information content (AvgIpc) is 2.14. The summed E-state index contributed by atoms with van der Waals surface area (Å²) in [7, 11) is 3.22. The van der Waals surface area contributed by atoms with Gasteiger partial charge in [0.05, 0.1) is 11.9 Å². The summed E-state index contributed by atoms with van der Waals surface area (Å²) in [5.41, 5.74) is 0.681. The van der Waals surface area contributed by atoms with Crippen LogP contribution in [0.1, 0.15) is 0 Å². The Balaban J connectivity index is 0.000000437. The Morgan fingerprint density at radius 2 is 1.35 bits per heavy atom. The van der Waals surface area contributed by atoms with Crippen molar-refractivity contribution in [2.24, 2.45) is 0 Å². The van der Waals surface area contributed by atoms with Crippen molar-refractivity contribution >= 4 is 45.3 Å². The lowest BCUT2D eigenvalue weighted by Crippen LogP contribution is -2.24. The van der Waals surface area contributed by atoms with Crippen LogP contribution in [-0.4, -0.2) is 30.1 Å². The summed E-state index contributed by atoms with van der Waals surface area (Å²) in [6.07, 6.45) is 1.18. The summed E-state index contributed by atoms with van der Waals surface area (Å²) < 4.78 is 41.7. The van der Waals surface area contributed by atoms with Crippen LogP contribution in [0.3, 0.4) is 0 Å². The Morgan fingerprint density at radius 1 is 1.00 bits per heavy atom. The van der Waals surface area contributed by atoms with Gasteiger partial charge in [0.2, 0.25) is 10.0 Å². The van der Waals surface area contributed by atoms with Crippen LogP contribution in [0.5, 0.6) is 0 Å². The summed E-state index contributed by atoms with van der Waals surface area (Å²) >= 11 is 0. The van der Waals surface area contributed by atoms with Crippen molar-refractivity contribution in [2.75, 3.05) is 17.6 Å². The molecular formula is C8H11Cl2NO4S2. The summed E-state index contributed by atoms with van der Waals surface area (Å²) in [5.74, 6) is 0. The molecule has 17 heavy (non-hydrogen) atoms. The molecule has 5 nitrogen and oxygen atoms in total. The van der Waals surface area contributed by atoms with Gasteiger partial charge in [0.15, 0.2) is 0 Å². The van der Waals surface area contributed by atoms with Gasteiger partial charge < -0.3 is 0 Å². The minimum atomic E-state index is -3.72. The van der Waals surface area contributed by atoms with Crippen molar-refractivity contribution in [1.82, 2.24) is 0 Å². The third-order valence-electron chi connectivity index (χ3n) is 1.62. The van der Waals surface area contributed by atoms with Gasteiger partial charge in [-0.1, -0.05) is 18.2 Å². The highest BCUT2D eigenvalue weighted by Gasteiger charge is 2.09. The van der Waals surface area contributed by atoms with Gasteiger partial charge >= 0.3 is 8.26 Å². The molecule has 0 heterocycles. The Hall–Kier alpha value is -0.500. The minimum Gasteiger partial charge on any atom is -0.274 e. The van der Waals surface area contributed by atoms with Crippen LogP contribution in [-0.2, 0) is 18.3 Å². The lowest BCUT2D eigenvalue weighted by atomic mass is 10.3.